The van der Waals surface area contributed by atoms with Gasteiger partial charge in [0, 0.05) is 45.4 Å². The lowest BCUT2D eigenvalue weighted by atomic mass is 10.0. The van der Waals surface area contributed by atoms with E-state index in [4.69, 9.17) is 13.3 Å². The van der Waals surface area contributed by atoms with Crippen molar-refractivity contribution in [3.63, 3.8) is 0 Å². The predicted octanol–water partition coefficient (Wildman–Crippen LogP) is 9.80. The van der Waals surface area contributed by atoms with Gasteiger partial charge in [0.25, 0.3) is 0 Å². The van der Waals surface area contributed by atoms with Crippen LogP contribution in [-0.2, 0) is 13.3 Å². The Hall–Kier alpha value is 1.36. The van der Waals surface area contributed by atoms with Crippen LogP contribution in [0.5, 0.6) is 0 Å². The van der Waals surface area contributed by atoms with Crippen molar-refractivity contribution in [1.29, 1.82) is 0 Å². The summed E-state index contributed by atoms with van der Waals surface area (Å²) in [5.41, 5.74) is 0. The molecule has 200 valence electrons. The zero-order valence-corrected chi connectivity index (χ0v) is 27.7. The second-order valence-corrected chi connectivity index (χ2v) is 22.8. The maximum absolute atomic E-state index is 6.07. The first-order valence-electron chi connectivity index (χ1n) is 13.6. The van der Waals surface area contributed by atoms with E-state index in [0.29, 0.717) is 25.7 Å². The molecule has 0 aliphatic heterocycles. The molecule has 0 rings (SSSR count). The minimum absolute atomic E-state index is 0.640. The summed E-state index contributed by atoms with van der Waals surface area (Å²) in [6.07, 6.45) is 10.6. The van der Waals surface area contributed by atoms with Gasteiger partial charge < -0.3 is 13.3 Å². The van der Waals surface area contributed by atoms with Crippen molar-refractivity contribution < 1.29 is 13.3 Å². The first-order chi connectivity index (χ1) is 15.8. The smallest absolute Gasteiger partial charge is 0.374 e. The molecule has 0 aliphatic rings. The maximum Gasteiger partial charge on any atom is 0.501 e. The summed E-state index contributed by atoms with van der Waals surface area (Å²) in [7, 11) is 2.71. The fraction of sp³-hybridized carbons (Fsp3) is 1.00. The van der Waals surface area contributed by atoms with E-state index in [1.54, 1.807) is 0 Å². The van der Waals surface area contributed by atoms with Crippen LogP contribution in [0, 0.1) is 11.8 Å². The number of hydrogen-bond acceptors (Lipinski definition) is 6. The van der Waals surface area contributed by atoms with Crippen molar-refractivity contribution in [1.82, 2.24) is 0 Å². The van der Waals surface area contributed by atoms with E-state index in [0.717, 1.165) is 12.0 Å². The summed E-state index contributed by atoms with van der Waals surface area (Å²) in [5, 5.41) is 0. The van der Waals surface area contributed by atoms with Gasteiger partial charge in [0.2, 0.25) is 0 Å². The first kappa shape index (κ1) is 34.4. The molecule has 0 heterocycles. The van der Waals surface area contributed by atoms with Gasteiger partial charge in [-0.15, -0.1) is 0 Å². The zero-order chi connectivity index (χ0) is 25.0. The molecule has 0 aromatic heterocycles. The van der Waals surface area contributed by atoms with Crippen LogP contribution in [0.15, 0.2) is 0 Å². The molecule has 33 heavy (non-hydrogen) atoms. The summed E-state index contributed by atoms with van der Waals surface area (Å²) < 4.78 is 18.2. The minimum atomic E-state index is -2.51. The summed E-state index contributed by atoms with van der Waals surface area (Å²) in [6, 6.07) is 2.47. The molecule has 0 radical (unpaired) electrons. The van der Waals surface area contributed by atoms with Crippen molar-refractivity contribution in [2.45, 2.75) is 118 Å². The van der Waals surface area contributed by atoms with Crippen LogP contribution in [0.1, 0.15) is 86.0 Å². The van der Waals surface area contributed by atoms with Gasteiger partial charge in [-0.05, 0) is 55.3 Å². The summed E-state index contributed by atoms with van der Waals surface area (Å²) in [6.45, 7) is 20.4. The molecule has 0 fully saturated rings. The van der Waals surface area contributed by atoms with Gasteiger partial charge in [0.05, 0.1) is 0 Å². The van der Waals surface area contributed by atoms with Crippen LogP contribution >= 0.6 is 31.4 Å². The molecule has 0 amide bonds. The summed E-state index contributed by atoms with van der Waals surface area (Å²) >= 11 is 0. The van der Waals surface area contributed by atoms with Crippen molar-refractivity contribution in [2.24, 2.45) is 11.8 Å². The Bertz CT molecular complexity index is 423. The lowest BCUT2D eigenvalue weighted by Gasteiger charge is -2.31. The van der Waals surface area contributed by atoms with Gasteiger partial charge >= 0.3 is 8.80 Å². The average Bonchev–Trinajstić information content (AvgIpc) is 2.75. The topological polar surface area (TPSA) is 27.7 Å². The normalized spacial score (nSPS) is 14.5. The van der Waals surface area contributed by atoms with Crippen LogP contribution in [0.25, 0.3) is 0 Å². The molecule has 0 saturated carbocycles. The highest BCUT2D eigenvalue weighted by Gasteiger charge is 2.42. The van der Waals surface area contributed by atoms with E-state index in [1.807, 2.05) is 41.4 Å². The third-order valence-corrected chi connectivity index (χ3v) is 15.4. The van der Waals surface area contributed by atoms with E-state index in [2.05, 4.69) is 44.3 Å². The molecule has 0 bridgehead atoms. The van der Waals surface area contributed by atoms with Gasteiger partial charge in [0.15, 0.2) is 0 Å². The van der Waals surface area contributed by atoms with Gasteiger partial charge in [-0.2, -0.15) is 0 Å². The molecule has 0 saturated heterocycles. The fourth-order valence-electron chi connectivity index (χ4n) is 4.37. The predicted molar refractivity (Wildman–Crippen MR) is 161 cm³/mol. The van der Waals surface area contributed by atoms with Gasteiger partial charge in [-0.3, -0.25) is 0 Å². The van der Waals surface area contributed by atoms with Gasteiger partial charge in [0.1, 0.15) is 0 Å². The fourth-order valence-corrected chi connectivity index (χ4v) is 13.7. The third-order valence-electron chi connectivity index (χ3n) is 5.96. The van der Waals surface area contributed by atoms with Crippen LogP contribution < -0.4 is 0 Å². The average molecular weight is 557 g/mol. The molecule has 3 nitrogen and oxygen atoms in total. The van der Waals surface area contributed by atoms with E-state index in [1.165, 1.54) is 68.9 Å². The van der Waals surface area contributed by atoms with Crippen LogP contribution in [-0.4, -0.2) is 48.2 Å². The Balaban J connectivity index is 3.91. The van der Waals surface area contributed by atoms with Crippen molar-refractivity contribution >= 4 is 48.3 Å². The molecule has 0 aliphatic carbocycles. The van der Waals surface area contributed by atoms with Gasteiger partial charge in [-0.25, -0.2) is 0 Å². The SMILES string of the molecule is CCO[Si](CC(CC)CCCCSSSCCCCC(CC)C[Si](C)(C)C)(OCC)OCC. The third kappa shape index (κ3) is 19.2. The standard InChI is InChI=1S/C25H56O3S3Si2/c1-9-24(22-32(6,7)8)18-14-16-20-29-31-30-21-17-15-19-25(10-2)23-33(26-11-3,27-12-4)28-13-5/h24-25H,9-23H2,1-8H3. The van der Waals surface area contributed by atoms with E-state index in [9.17, 15) is 0 Å². The second-order valence-electron chi connectivity index (χ2n) is 10.2. The van der Waals surface area contributed by atoms with Crippen LogP contribution in [0.4, 0.5) is 0 Å². The molecule has 0 N–H and O–H groups in total. The zero-order valence-electron chi connectivity index (χ0n) is 23.2. The molecular formula is C25H56O3S3Si2. The van der Waals surface area contributed by atoms with Crippen LogP contribution in [0.2, 0.25) is 31.7 Å². The van der Waals surface area contributed by atoms with E-state index in [-0.39, 0.29) is 0 Å². The van der Waals surface area contributed by atoms with Gasteiger partial charge in [-0.1, -0.05) is 99.6 Å². The Morgan fingerprint density at radius 3 is 1.39 bits per heavy atom. The summed E-state index contributed by atoms with van der Waals surface area (Å²) in [5.74, 6) is 4.17. The quantitative estimate of drug-likeness (QED) is 0.0667. The second kappa shape index (κ2) is 21.4. The Kier molecular flexibility index (Phi) is 22.3. The van der Waals surface area contributed by atoms with E-state index < -0.39 is 16.9 Å². The molecular weight excluding hydrogens is 501 g/mol. The molecule has 2 atom stereocenters. The highest BCUT2D eigenvalue weighted by molar-refractivity contribution is 9.09. The minimum Gasteiger partial charge on any atom is -0.374 e. The lowest BCUT2D eigenvalue weighted by Crippen LogP contribution is -2.47. The summed E-state index contributed by atoms with van der Waals surface area (Å²) in [4.78, 5) is 0. The number of hydrogen-bond donors (Lipinski definition) is 0. The van der Waals surface area contributed by atoms with Crippen molar-refractivity contribution in [2.75, 3.05) is 31.3 Å². The molecule has 0 aromatic carbocycles. The Labute approximate surface area is 221 Å². The first-order valence-corrected chi connectivity index (χ1v) is 23.0. The molecule has 0 spiro atoms. The highest BCUT2D eigenvalue weighted by atomic mass is 33.5. The van der Waals surface area contributed by atoms with E-state index >= 15 is 0 Å². The maximum atomic E-state index is 6.07. The largest absolute Gasteiger partial charge is 0.501 e. The Morgan fingerprint density at radius 2 is 1.03 bits per heavy atom. The molecule has 2 unspecified atom stereocenters. The number of unbranched alkanes of at least 4 members (excludes halogenated alkanes) is 2. The molecule has 0 aromatic rings. The lowest BCUT2D eigenvalue weighted by molar-refractivity contribution is 0.0663. The highest BCUT2D eigenvalue weighted by Crippen LogP contribution is 2.36. The Morgan fingerprint density at radius 1 is 0.606 bits per heavy atom. The van der Waals surface area contributed by atoms with Crippen LogP contribution in [0.3, 0.4) is 0 Å². The van der Waals surface area contributed by atoms with Crippen molar-refractivity contribution in [3.8, 4) is 0 Å². The number of rotatable bonds is 24. The van der Waals surface area contributed by atoms with Crippen molar-refractivity contribution in [3.05, 3.63) is 0 Å². The molecule has 8 heteroatoms. The monoisotopic (exact) mass is 556 g/mol.